The topological polar surface area (TPSA) is 68.0 Å². The highest BCUT2D eigenvalue weighted by molar-refractivity contribution is 6.33. The van der Waals surface area contributed by atoms with Gasteiger partial charge in [-0.15, -0.1) is 0 Å². The largest absolute Gasteiger partial charge is 0.382 e. The summed E-state index contributed by atoms with van der Waals surface area (Å²) in [5.41, 5.74) is 5.98. The van der Waals surface area contributed by atoms with Crippen LogP contribution in [0.3, 0.4) is 0 Å². The van der Waals surface area contributed by atoms with E-state index in [4.69, 9.17) is 17.3 Å². The normalized spacial score (nSPS) is 23.1. The monoisotopic (exact) mass is 281 g/mol. The number of nitrogen functional groups attached to an aromatic ring is 1. The van der Waals surface area contributed by atoms with Gasteiger partial charge in [0.05, 0.1) is 10.6 Å². The summed E-state index contributed by atoms with van der Waals surface area (Å²) in [5, 5.41) is 3.29. The van der Waals surface area contributed by atoms with Gasteiger partial charge in [0.2, 0.25) is 0 Å². The van der Waals surface area contributed by atoms with E-state index in [1.54, 1.807) is 6.07 Å². The SMILES string of the molecule is CC1CCCCC1CNC(=O)c1cnc(N)c(Cl)c1. The minimum atomic E-state index is -0.132. The van der Waals surface area contributed by atoms with Gasteiger partial charge in [0.15, 0.2) is 0 Å². The Morgan fingerprint density at radius 3 is 2.95 bits per heavy atom. The van der Waals surface area contributed by atoms with Crippen LogP contribution in [0.2, 0.25) is 5.02 Å². The van der Waals surface area contributed by atoms with Crippen molar-refractivity contribution in [2.75, 3.05) is 12.3 Å². The van der Waals surface area contributed by atoms with Crippen LogP contribution < -0.4 is 11.1 Å². The number of hydrogen-bond donors (Lipinski definition) is 2. The Kier molecular flexibility index (Phi) is 4.64. The molecule has 0 aliphatic heterocycles. The number of nitrogens with zero attached hydrogens (tertiary/aromatic N) is 1. The molecule has 1 saturated carbocycles. The van der Waals surface area contributed by atoms with Crippen LogP contribution in [0.25, 0.3) is 0 Å². The number of anilines is 1. The molecule has 1 heterocycles. The van der Waals surface area contributed by atoms with E-state index in [-0.39, 0.29) is 11.7 Å². The zero-order valence-electron chi connectivity index (χ0n) is 11.2. The number of nitrogens with one attached hydrogen (secondary N) is 1. The smallest absolute Gasteiger partial charge is 0.252 e. The van der Waals surface area contributed by atoms with Gasteiger partial charge in [-0.05, 0) is 24.3 Å². The molecule has 19 heavy (non-hydrogen) atoms. The zero-order chi connectivity index (χ0) is 13.8. The molecule has 2 unspecified atom stereocenters. The lowest BCUT2D eigenvalue weighted by molar-refractivity contribution is 0.0936. The molecule has 1 aromatic heterocycles. The standard InChI is InChI=1S/C14H20ClN3O/c1-9-4-2-3-5-10(9)7-18-14(19)11-6-12(15)13(16)17-8-11/h6,8-10H,2-5,7H2,1H3,(H2,16,17)(H,18,19). The van der Waals surface area contributed by atoms with Crippen molar-refractivity contribution in [1.82, 2.24) is 10.3 Å². The van der Waals surface area contributed by atoms with Gasteiger partial charge in [-0.1, -0.05) is 37.8 Å². The molecule has 5 heteroatoms. The number of rotatable bonds is 3. The highest BCUT2D eigenvalue weighted by Crippen LogP contribution is 2.28. The average Bonchev–Trinajstić information content (AvgIpc) is 2.40. The summed E-state index contributed by atoms with van der Waals surface area (Å²) in [6, 6.07) is 1.56. The van der Waals surface area contributed by atoms with Gasteiger partial charge in [-0.2, -0.15) is 0 Å². The van der Waals surface area contributed by atoms with Gasteiger partial charge < -0.3 is 11.1 Å². The molecule has 1 fully saturated rings. The maximum absolute atomic E-state index is 12.0. The molecule has 0 spiro atoms. The van der Waals surface area contributed by atoms with Crippen molar-refractivity contribution < 1.29 is 4.79 Å². The third-order valence-corrected chi connectivity index (χ3v) is 4.25. The summed E-state index contributed by atoms with van der Waals surface area (Å²) < 4.78 is 0. The third-order valence-electron chi connectivity index (χ3n) is 3.95. The number of carbonyl (C=O) groups excluding carboxylic acids is 1. The van der Waals surface area contributed by atoms with Crippen LogP contribution in [0, 0.1) is 11.8 Å². The van der Waals surface area contributed by atoms with Crippen LogP contribution in [0.4, 0.5) is 5.82 Å². The summed E-state index contributed by atoms with van der Waals surface area (Å²) in [5.74, 6) is 1.38. The fourth-order valence-corrected chi connectivity index (χ4v) is 2.76. The Morgan fingerprint density at radius 1 is 1.53 bits per heavy atom. The molecule has 1 aromatic rings. The van der Waals surface area contributed by atoms with Crippen LogP contribution >= 0.6 is 11.6 Å². The Labute approximate surface area is 118 Å². The van der Waals surface area contributed by atoms with Crippen molar-refractivity contribution in [1.29, 1.82) is 0 Å². The molecule has 2 atom stereocenters. The molecule has 104 valence electrons. The molecule has 0 aromatic carbocycles. The predicted molar refractivity (Wildman–Crippen MR) is 77.1 cm³/mol. The fraction of sp³-hybridized carbons (Fsp3) is 0.571. The summed E-state index contributed by atoms with van der Waals surface area (Å²) >= 11 is 5.86. The first-order chi connectivity index (χ1) is 9.08. The Morgan fingerprint density at radius 2 is 2.26 bits per heavy atom. The van der Waals surface area contributed by atoms with E-state index in [9.17, 15) is 4.79 Å². The van der Waals surface area contributed by atoms with Gasteiger partial charge in [-0.25, -0.2) is 4.98 Å². The van der Waals surface area contributed by atoms with Crippen molar-refractivity contribution in [2.45, 2.75) is 32.6 Å². The highest BCUT2D eigenvalue weighted by atomic mass is 35.5. The first kappa shape index (κ1) is 14.1. The van der Waals surface area contributed by atoms with Gasteiger partial charge in [0, 0.05) is 12.7 Å². The van der Waals surface area contributed by atoms with E-state index < -0.39 is 0 Å². The van der Waals surface area contributed by atoms with Crippen molar-refractivity contribution in [3.63, 3.8) is 0 Å². The van der Waals surface area contributed by atoms with E-state index in [0.717, 1.165) is 6.54 Å². The van der Waals surface area contributed by atoms with E-state index in [1.807, 2.05) is 0 Å². The number of pyridine rings is 1. The molecule has 1 amide bonds. The maximum atomic E-state index is 12.0. The van der Waals surface area contributed by atoms with E-state index in [2.05, 4.69) is 17.2 Å². The number of aromatic nitrogens is 1. The first-order valence-electron chi connectivity index (χ1n) is 6.77. The highest BCUT2D eigenvalue weighted by Gasteiger charge is 2.21. The molecule has 1 aliphatic carbocycles. The van der Waals surface area contributed by atoms with E-state index in [0.29, 0.717) is 22.4 Å². The molecule has 4 nitrogen and oxygen atoms in total. The molecule has 1 aliphatic rings. The van der Waals surface area contributed by atoms with Gasteiger partial charge in [-0.3, -0.25) is 4.79 Å². The summed E-state index contributed by atoms with van der Waals surface area (Å²) in [6.07, 6.45) is 6.49. The van der Waals surface area contributed by atoms with E-state index >= 15 is 0 Å². The number of hydrogen-bond acceptors (Lipinski definition) is 3. The Balaban J connectivity index is 1.91. The van der Waals surface area contributed by atoms with Crippen LogP contribution in [-0.4, -0.2) is 17.4 Å². The minimum absolute atomic E-state index is 0.132. The van der Waals surface area contributed by atoms with E-state index in [1.165, 1.54) is 31.9 Å². The number of carbonyl (C=O) groups is 1. The van der Waals surface area contributed by atoms with Crippen LogP contribution in [0.1, 0.15) is 43.0 Å². The van der Waals surface area contributed by atoms with Crippen LogP contribution in [0.15, 0.2) is 12.3 Å². The second-order valence-corrected chi connectivity index (χ2v) is 5.73. The summed E-state index contributed by atoms with van der Waals surface area (Å²) in [7, 11) is 0. The molecule has 0 saturated heterocycles. The molecular formula is C14H20ClN3O. The van der Waals surface area contributed by atoms with Crippen LogP contribution in [0.5, 0.6) is 0 Å². The van der Waals surface area contributed by atoms with Gasteiger partial charge in [0.1, 0.15) is 5.82 Å². The molecule has 0 bridgehead atoms. The average molecular weight is 282 g/mol. The molecule has 3 N–H and O–H groups in total. The summed E-state index contributed by atoms with van der Waals surface area (Å²) in [6.45, 7) is 2.99. The number of nitrogens with two attached hydrogens (primary N) is 1. The quantitative estimate of drug-likeness (QED) is 0.895. The van der Waals surface area contributed by atoms with Crippen molar-refractivity contribution in [3.8, 4) is 0 Å². The zero-order valence-corrected chi connectivity index (χ0v) is 11.9. The second-order valence-electron chi connectivity index (χ2n) is 5.32. The van der Waals surface area contributed by atoms with Crippen LogP contribution in [-0.2, 0) is 0 Å². The lowest BCUT2D eigenvalue weighted by atomic mass is 9.80. The molecule has 0 radical (unpaired) electrons. The van der Waals surface area contributed by atoms with Crippen molar-refractivity contribution >= 4 is 23.3 Å². The minimum Gasteiger partial charge on any atom is -0.382 e. The predicted octanol–water partition coefficient (Wildman–Crippen LogP) is 2.87. The lowest BCUT2D eigenvalue weighted by Crippen LogP contribution is -2.33. The Bertz CT molecular complexity index is 464. The Hall–Kier alpha value is -1.29. The second kappa shape index (κ2) is 6.24. The first-order valence-corrected chi connectivity index (χ1v) is 7.15. The number of halogens is 1. The van der Waals surface area contributed by atoms with Gasteiger partial charge >= 0.3 is 0 Å². The van der Waals surface area contributed by atoms with Crippen molar-refractivity contribution in [2.24, 2.45) is 11.8 Å². The van der Waals surface area contributed by atoms with Gasteiger partial charge in [0.25, 0.3) is 5.91 Å². The third kappa shape index (κ3) is 3.60. The lowest BCUT2D eigenvalue weighted by Gasteiger charge is -2.28. The molecular weight excluding hydrogens is 262 g/mol. The number of amides is 1. The fourth-order valence-electron chi connectivity index (χ4n) is 2.59. The maximum Gasteiger partial charge on any atom is 0.252 e. The summed E-state index contributed by atoms with van der Waals surface area (Å²) in [4.78, 5) is 15.9. The molecule has 2 rings (SSSR count). The van der Waals surface area contributed by atoms with Crippen molar-refractivity contribution in [3.05, 3.63) is 22.8 Å².